The topological polar surface area (TPSA) is 98.7 Å². The lowest BCUT2D eigenvalue weighted by Crippen LogP contribution is -2.48. The van der Waals surface area contributed by atoms with E-state index in [1.54, 1.807) is 11.9 Å². The molecule has 0 bridgehead atoms. The molecule has 1 saturated heterocycles. The molecule has 3 N–H and O–H groups in total. The van der Waals surface area contributed by atoms with Crippen molar-refractivity contribution in [3.05, 3.63) is 12.2 Å². The zero-order valence-corrected chi connectivity index (χ0v) is 19.4. The molecule has 2 aliphatic rings. The first-order valence-electron chi connectivity index (χ1n) is 12.1. The standard InChI is InChI=1S/C24H41N3O4/c1-4-6-9-14-26-23(30)21-18-13-12-17(5-2)19(22(29)25-3)20(18)24(31)27(21)15-10-7-8-11-16-28/h12-13,17-21,28H,4-11,14-16H2,1-3H3,(H,25,29)(H,26,30)/t17-,18+,19-,20-,21+/m1/s1. The maximum Gasteiger partial charge on any atom is 0.243 e. The van der Waals surface area contributed by atoms with Crippen LogP contribution < -0.4 is 10.6 Å². The molecule has 5 atom stereocenters. The zero-order valence-electron chi connectivity index (χ0n) is 19.4. The summed E-state index contributed by atoms with van der Waals surface area (Å²) in [6.45, 7) is 5.44. The van der Waals surface area contributed by atoms with Gasteiger partial charge in [-0.15, -0.1) is 0 Å². The van der Waals surface area contributed by atoms with E-state index in [1.807, 2.05) is 19.1 Å². The number of rotatable bonds is 13. The summed E-state index contributed by atoms with van der Waals surface area (Å²) in [5.41, 5.74) is 0. The Morgan fingerprint density at radius 2 is 1.77 bits per heavy atom. The molecule has 7 nitrogen and oxygen atoms in total. The Morgan fingerprint density at radius 1 is 1.03 bits per heavy atom. The average molecular weight is 436 g/mol. The first-order chi connectivity index (χ1) is 15.0. The number of likely N-dealkylation sites (tertiary alicyclic amines) is 1. The number of aliphatic hydroxyl groups excluding tert-OH is 1. The van der Waals surface area contributed by atoms with E-state index in [9.17, 15) is 14.4 Å². The number of carbonyl (C=O) groups excluding carboxylic acids is 3. The van der Waals surface area contributed by atoms with Crippen molar-refractivity contribution in [2.24, 2.45) is 23.7 Å². The molecule has 0 aromatic heterocycles. The summed E-state index contributed by atoms with van der Waals surface area (Å²) in [5.74, 6) is -1.50. The van der Waals surface area contributed by atoms with Gasteiger partial charge in [0.15, 0.2) is 0 Å². The number of amides is 3. The van der Waals surface area contributed by atoms with Gasteiger partial charge < -0.3 is 20.6 Å². The van der Waals surface area contributed by atoms with Crippen molar-refractivity contribution in [2.75, 3.05) is 26.7 Å². The van der Waals surface area contributed by atoms with E-state index in [2.05, 4.69) is 17.6 Å². The molecule has 2 rings (SSSR count). The number of carbonyl (C=O) groups is 3. The van der Waals surface area contributed by atoms with Crippen molar-refractivity contribution >= 4 is 17.7 Å². The number of hydrogen-bond donors (Lipinski definition) is 3. The van der Waals surface area contributed by atoms with Crippen LogP contribution in [0.1, 0.15) is 65.2 Å². The van der Waals surface area contributed by atoms with Crippen LogP contribution >= 0.6 is 0 Å². The van der Waals surface area contributed by atoms with E-state index in [1.165, 1.54) is 0 Å². The van der Waals surface area contributed by atoms with Crippen LogP contribution in [0.4, 0.5) is 0 Å². The molecule has 1 heterocycles. The highest BCUT2D eigenvalue weighted by Gasteiger charge is 2.56. The van der Waals surface area contributed by atoms with Gasteiger partial charge in [-0.3, -0.25) is 14.4 Å². The predicted octanol–water partition coefficient (Wildman–Crippen LogP) is 2.25. The van der Waals surface area contributed by atoms with E-state index in [-0.39, 0.29) is 36.2 Å². The summed E-state index contributed by atoms with van der Waals surface area (Å²) in [6, 6.07) is -0.557. The van der Waals surface area contributed by atoms with Crippen LogP contribution in [-0.4, -0.2) is 60.5 Å². The van der Waals surface area contributed by atoms with Crippen molar-refractivity contribution in [1.29, 1.82) is 0 Å². The van der Waals surface area contributed by atoms with E-state index < -0.39 is 17.9 Å². The summed E-state index contributed by atoms with van der Waals surface area (Å²) < 4.78 is 0. The molecule has 0 aromatic rings. The van der Waals surface area contributed by atoms with Gasteiger partial charge in [0.1, 0.15) is 6.04 Å². The maximum absolute atomic E-state index is 13.5. The number of unbranched alkanes of at least 4 members (excludes halogenated alkanes) is 5. The molecule has 0 unspecified atom stereocenters. The van der Waals surface area contributed by atoms with Crippen LogP contribution in [0.2, 0.25) is 0 Å². The lowest BCUT2D eigenvalue weighted by molar-refractivity contribution is -0.140. The van der Waals surface area contributed by atoms with Gasteiger partial charge in [0, 0.05) is 32.7 Å². The minimum Gasteiger partial charge on any atom is -0.396 e. The third-order valence-corrected chi connectivity index (χ3v) is 6.79. The third-order valence-electron chi connectivity index (χ3n) is 6.79. The van der Waals surface area contributed by atoms with Crippen molar-refractivity contribution in [3.8, 4) is 0 Å². The fraction of sp³-hybridized carbons (Fsp3) is 0.792. The van der Waals surface area contributed by atoms with Crippen molar-refractivity contribution in [2.45, 2.75) is 71.3 Å². The molecular formula is C24H41N3O4. The van der Waals surface area contributed by atoms with Crippen LogP contribution in [0.25, 0.3) is 0 Å². The second kappa shape index (κ2) is 12.8. The van der Waals surface area contributed by atoms with E-state index in [0.717, 1.165) is 51.4 Å². The van der Waals surface area contributed by atoms with Crippen molar-refractivity contribution in [1.82, 2.24) is 15.5 Å². The first kappa shape index (κ1) is 25.4. The normalized spacial score (nSPS) is 27.3. The fourth-order valence-corrected chi connectivity index (χ4v) is 5.09. The number of hydrogen-bond acceptors (Lipinski definition) is 4. The fourth-order valence-electron chi connectivity index (χ4n) is 5.09. The van der Waals surface area contributed by atoms with Gasteiger partial charge >= 0.3 is 0 Å². The molecular weight excluding hydrogens is 394 g/mol. The van der Waals surface area contributed by atoms with Crippen LogP contribution in [-0.2, 0) is 14.4 Å². The Morgan fingerprint density at radius 3 is 2.42 bits per heavy atom. The molecule has 7 heteroatoms. The van der Waals surface area contributed by atoms with Gasteiger partial charge in [0.05, 0.1) is 11.8 Å². The highest BCUT2D eigenvalue weighted by molar-refractivity contribution is 5.96. The Labute approximate surface area is 187 Å². The smallest absolute Gasteiger partial charge is 0.243 e. The molecule has 176 valence electrons. The summed E-state index contributed by atoms with van der Waals surface area (Å²) in [5, 5.41) is 14.8. The number of nitrogens with one attached hydrogen (secondary N) is 2. The van der Waals surface area contributed by atoms with Crippen molar-refractivity contribution in [3.63, 3.8) is 0 Å². The van der Waals surface area contributed by atoms with E-state index in [0.29, 0.717) is 13.1 Å². The van der Waals surface area contributed by atoms with Gasteiger partial charge in [0.25, 0.3) is 0 Å². The number of nitrogens with zero attached hydrogens (tertiary/aromatic N) is 1. The van der Waals surface area contributed by atoms with Gasteiger partial charge in [-0.2, -0.15) is 0 Å². The second-order valence-corrected chi connectivity index (χ2v) is 8.81. The highest BCUT2D eigenvalue weighted by atomic mass is 16.3. The quantitative estimate of drug-likeness (QED) is 0.305. The van der Waals surface area contributed by atoms with Crippen LogP contribution in [0.15, 0.2) is 12.2 Å². The lowest BCUT2D eigenvalue weighted by atomic mass is 9.69. The number of allylic oxidation sites excluding steroid dienone is 1. The summed E-state index contributed by atoms with van der Waals surface area (Å²) >= 11 is 0. The third kappa shape index (κ3) is 6.09. The molecule has 0 saturated carbocycles. The minimum atomic E-state index is -0.557. The van der Waals surface area contributed by atoms with Gasteiger partial charge in [-0.05, 0) is 31.6 Å². The lowest BCUT2D eigenvalue weighted by Gasteiger charge is -2.33. The second-order valence-electron chi connectivity index (χ2n) is 8.81. The Kier molecular flexibility index (Phi) is 10.5. The molecule has 3 amide bonds. The molecule has 31 heavy (non-hydrogen) atoms. The molecule has 1 aliphatic heterocycles. The van der Waals surface area contributed by atoms with Gasteiger partial charge in [-0.25, -0.2) is 0 Å². The van der Waals surface area contributed by atoms with Crippen LogP contribution in [0, 0.1) is 23.7 Å². The summed E-state index contributed by atoms with van der Waals surface area (Å²) in [6.07, 6.45) is 11.2. The van der Waals surface area contributed by atoms with Gasteiger partial charge in [0.2, 0.25) is 17.7 Å². The molecule has 1 aliphatic carbocycles. The van der Waals surface area contributed by atoms with Crippen molar-refractivity contribution < 1.29 is 19.5 Å². The van der Waals surface area contributed by atoms with Gasteiger partial charge in [-0.1, -0.05) is 51.7 Å². The Balaban J connectivity index is 2.23. The Bertz CT molecular complexity index is 636. The monoisotopic (exact) mass is 435 g/mol. The molecule has 0 aromatic carbocycles. The number of aliphatic hydroxyl groups is 1. The predicted molar refractivity (Wildman–Crippen MR) is 121 cm³/mol. The highest BCUT2D eigenvalue weighted by Crippen LogP contribution is 2.44. The SMILES string of the molecule is CCCCCNC(=O)[C@@H]1[C@H]2C=C[C@@H](CC)[C@@H](C(=O)NC)[C@@H]2C(=O)N1CCCCCCO. The largest absolute Gasteiger partial charge is 0.396 e. The van der Waals surface area contributed by atoms with Crippen LogP contribution in [0.3, 0.4) is 0 Å². The zero-order chi connectivity index (χ0) is 22.8. The molecule has 0 radical (unpaired) electrons. The summed E-state index contributed by atoms with van der Waals surface area (Å²) in [7, 11) is 1.61. The van der Waals surface area contributed by atoms with E-state index >= 15 is 0 Å². The maximum atomic E-state index is 13.5. The molecule has 1 fully saturated rings. The number of fused-ring (bicyclic) bond motifs is 1. The minimum absolute atomic E-state index is 0.00270. The van der Waals surface area contributed by atoms with Crippen LogP contribution in [0.5, 0.6) is 0 Å². The first-order valence-corrected chi connectivity index (χ1v) is 12.1. The van der Waals surface area contributed by atoms with E-state index in [4.69, 9.17) is 5.11 Å². The average Bonchev–Trinajstić information content (AvgIpc) is 3.07. The summed E-state index contributed by atoms with van der Waals surface area (Å²) in [4.78, 5) is 41.2. The molecule has 0 spiro atoms. The Hall–Kier alpha value is -1.89.